The molecule has 1 aromatic rings. The van der Waals surface area contributed by atoms with Crippen LogP contribution in [0, 0.1) is 5.92 Å². The van der Waals surface area contributed by atoms with E-state index in [-0.39, 0.29) is 0 Å². The van der Waals surface area contributed by atoms with E-state index in [2.05, 4.69) is 49.6 Å². The molecule has 3 nitrogen and oxygen atoms in total. The Morgan fingerprint density at radius 1 is 1.06 bits per heavy atom. The van der Waals surface area contributed by atoms with Gasteiger partial charge in [-0.25, -0.2) is 4.68 Å². The van der Waals surface area contributed by atoms with Crippen LogP contribution in [-0.4, -0.2) is 15.0 Å². The van der Waals surface area contributed by atoms with E-state index in [0.717, 1.165) is 13.0 Å². The normalized spacial score (nSPS) is 11.7. The topological polar surface area (TPSA) is 30.7 Å². The molecule has 18 heavy (non-hydrogen) atoms. The molecule has 0 aliphatic rings. The average Bonchev–Trinajstić information content (AvgIpc) is 2.67. The molecule has 0 aliphatic heterocycles. The van der Waals surface area contributed by atoms with Gasteiger partial charge in [-0.1, -0.05) is 59.1 Å². The van der Waals surface area contributed by atoms with Gasteiger partial charge in [0.2, 0.25) is 0 Å². The minimum absolute atomic E-state index is 0.475. The number of nitrogens with zero attached hydrogens (tertiary/aromatic N) is 3. The van der Waals surface area contributed by atoms with Crippen LogP contribution in [-0.2, 0) is 13.0 Å². The number of hydrogen-bond donors (Lipinski definition) is 0. The minimum atomic E-state index is 0.475. The first kappa shape index (κ1) is 15.2. The largest absolute Gasteiger partial charge is 0.249 e. The monoisotopic (exact) mass is 251 g/mol. The highest BCUT2D eigenvalue weighted by atomic mass is 15.4. The summed E-state index contributed by atoms with van der Waals surface area (Å²) in [7, 11) is 0. The van der Waals surface area contributed by atoms with Gasteiger partial charge in [-0.15, -0.1) is 5.10 Å². The Morgan fingerprint density at radius 3 is 2.33 bits per heavy atom. The van der Waals surface area contributed by atoms with Crippen LogP contribution in [0.5, 0.6) is 0 Å². The van der Waals surface area contributed by atoms with Crippen LogP contribution in [0.25, 0.3) is 0 Å². The average molecular weight is 251 g/mol. The first-order valence-corrected chi connectivity index (χ1v) is 7.48. The van der Waals surface area contributed by atoms with Crippen LogP contribution in [0.15, 0.2) is 0 Å². The summed E-state index contributed by atoms with van der Waals surface area (Å²) in [5.41, 5.74) is 2.55. The lowest BCUT2D eigenvalue weighted by Crippen LogP contribution is -2.09. The number of aryl methyl sites for hydroxylation is 1. The molecule has 0 fully saturated rings. The summed E-state index contributed by atoms with van der Waals surface area (Å²) >= 11 is 0. The van der Waals surface area contributed by atoms with Gasteiger partial charge in [0.1, 0.15) is 0 Å². The predicted octanol–water partition coefficient (Wildman–Crippen LogP) is 4.18. The molecule has 1 heterocycles. The summed E-state index contributed by atoms with van der Waals surface area (Å²) in [6.07, 6.45) is 6.22. The lowest BCUT2D eigenvalue weighted by molar-refractivity contribution is 0.495. The lowest BCUT2D eigenvalue weighted by atomic mass is 10.0. The summed E-state index contributed by atoms with van der Waals surface area (Å²) in [6, 6.07) is 0. The quantitative estimate of drug-likeness (QED) is 0.649. The molecule has 0 radical (unpaired) electrons. The van der Waals surface area contributed by atoms with Crippen molar-refractivity contribution < 1.29 is 0 Å². The Labute approximate surface area is 112 Å². The zero-order valence-electron chi connectivity index (χ0n) is 12.7. The Balaban J connectivity index is 2.70. The van der Waals surface area contributed by atoms with Crippen LogP contribution in [0.3, 0.4) is 0 Å². The molecule has 1 rings (SSSR count). The van der Waals surface area contributed by atoms with Gasteiger partial charge in [0.15, 0.2) is 0 Å². The molecule has 0 unspecified atom stereocenters. The summed E-state index contributed by atoms with van der Waals surface area (Å²) < 4.78 is 2.14. The summed E-state index contributed by atoms with van der Waals surface area (Å²) in [4.78, 5) is 0. The SMILES string of the molecule is CCCCCCn1nnc(C(C)C)c1CC(C)C. The lowest BCUT2D eigenvalue weighted by Gasteiger charge is -2.11. The smallest absolute Gasteiger partial charge is 0.0884 e. The first-order chi connectivity index (χ1) is 8.56. The van der Waals surface area contributed by atoms with Crippen LogP contribution >= 0.6 is 0 Å². The molecule has 0 N–H and O–H groups in total. The second kappa shape index (κ2) is 7.55. The molecule has 0 aromatic carbocycles. The molecule has 0 amide bonds. The first-order valence-electron chi connectivity index (χ1n) is 7.48. The molecule has 1 aromatic heterocycles. The van der Waals surface area contributed by atoms with Crippen molar-refractivity contribution in [2.24, 2.45) is 5.92 Å². The molecule has 0 spiro atoms. The second-order valence-electron chi connectivity index (χ2n) is 5.96. The van der Waals surface area contributed by atoms with Gasteiger partial charge in [-0.2, -0.15) is 0 Å². The van der Waals surface area contributed by atoms with Crippen molar-refractivity contribution in [3.05, 3.63) is 11.4 Å². The highest BCUT2D eigenvalue weighted by Crippen LogP contribution is 2.20. The van der Waals surface area contributed by atoms with Gasteiger partial charge in [-0.3, -0.25) is 0 Å². The van der Waals surface area contributed by atoms with E-state index in [1.165, 1.54) is 37.1 Å². The maximum atomic E-state index is 4.38. The number of aromatic nitrogens is 3. The van der Waals surface area contributed by atoms with E-state index < -0.39 is 0 Å². The Bertz CT molecular complexity index is 340. The van der Waals surface area contributed by atoms with Crippen molar-refractivity contribution in [3.8, 4) is 0 Å². The highest BCUT2D eigenvalue weighted by molar-refractivity contribution is 5.14. The van der Waals surface area contributed by atoms with Crippen molar-refractivity contribution in [3.63, 3.8) is 0 Å². The molecular formula is C15H29N3. The standard InChI is InChI=1S/C15H29N3/c1-6-7-8-9-10-18-14(11-12(2)3)15(13(4)5)16-17-18/h12-13H,6-11H2,1-5H3. The third-order valence-electron chi connectivity index (χ3n) is 3.24. The molecule has 104 valence electrons. The third-order valence-corrected chi connectivity index (χ3v) is 3.24. The van der Waals surface area contributed by atoms with Gasteiger partial charge in [0.25, 0.3) is 0 Å². The molecule has 3 heteroatoms. The number of rotatable bonds is 8. The summed E-state index contributed by atoms with van der Waals surface area (Å²) in [5, 5.41) is 8.74. The number of hydrogen-bond acceptors (Lipinski definition) is 2. The fourth-order valence-corrected chi connectivity index (χ4v) is 2.26. The molecule has 0 atom stereocenters. The van der Waals surface area contributed by atoms with Crippen molar-refractivity contribution in [2.75, 3.05) is 0 Å². The van der Waals surface area contributed by atoms with E-state index in [1.54, 1.807) is 0 Å². The van der Waals surface area contributed by atoms with Crippen molar-refractivity contribution in [2.45, 2.75) is 79.2 Å². The Morgan fingerprint density at radius 2 is 1.78 bits per heavy atom. The maximum Gasteiger partial charge on any atom is 0.0884 e. The summed E-state index contributed by atoms with van der Waals surface area (Å²) in [6.45, 7) is 12.2. The van der Waals surface area contributed by atoms with Crippen LogP contribution in [0.1, 0.15) is 77.6 Å². The Hall–Kier alpha value is -0.860. The van der Waals surface area contributed by atoms with Crippen molar-refractivity contribution >= 4 is 0 Å². The molecule has 0 saturated heterocycles. The van der Waals surface area contributed by atoms with Gasteiger partial charge in [-0.05, 0) is 24.7 Å². The van der Waals surface area contributed by atoms with E-state index >= 15 is 0 Å². The minimum Gasteiger partial charge on any atom is -0.249 e. The van der Waals surface area contributed by atoms with Gasteiger partial charge < -0.3 is 0 Å². The van der Waals surface area contributed by atoms with Gasteiger partial charge >= 0.3 is 0 Å². The van der Waals surface area contributed by atoms with Crippen LogP contribution in [0.4, 0.5) is 0 Å². The maximum absolute atomic E-state index is 4.38. The molecular weight excluding hydrogens is 222 g/mol. The third kappa shape index (κ3) is 4.43. The predicted molar refractivity (Wildman–Crippen MR) is 76.8 cm³/mol. The van der Waals surface area contributed by atoms with Gasteiger partial charge in [0.05, 0.1) is 11.4 Å². The highest BCUT2D eigenvalue weighted by Gasteiger charge is 2.16. The van der Waals surface area contributed by atoms with E-state index in [1.807, 2.05) is 0 Å². The van der Waals surface area contributed by atoms with E-state index in [0.29, 0.717) is 11.8 Å². The fourth-order valence-electron chi connectivity index (χ4n) is 2.26. The molecule has 0 aliphatic carbocycles. The van der Waals surface area contributed by atoms with E-state index in [4.69, 9.17) is 0 Å². The van der Waals surface area contributed by atoms with Crippen molar-refractivity contribution in [1.29, 1.82) is 0 Å². The van der Waals surface area contributed by atoms with Crippen LogP contribution < -0.4 is 0 Å². The zero-order valence-corrected chi connectivity index (χ0v) is 12.7. The summed E-state index contributed by atoms with van der Waals surface area (Å²) in [5.74, 6) is 1.14. The molecule has 0 saturated carbocycles. The zero-order chi connectivity index (χ0) is 13.5. The number of unbranched alkanes of at least 4 members (excludes halogenated alkanes) is 3. The molecule has 0 bridgehead atoms. The second-order valence-corrected chi connectivity index (χ2v) is 5.96. The van der Waals surface area contributed by atoms with Gasteiger partial charge in [0, 0.05) is 6.54 Å². The Kier molecular flexibility index (Phi) is 6.37. The van der Waals surface area contributed by atoms with Crippen molar-refractivity contribution in [1.82, 2.24) is 15.0 Å². The van der Waals surface area contributed by atoms with Crippen LogP contribution in [0.2, 0.25) is 0 Å². The fraction of sp³-hybridized carbons (Fsp3) is 0.867. The van der Waals surface area contributed by atoms with E-state index in [9.17, 15) is 0 Å².